The number of hydrazone groups is 1. The number of hydrogen-bond acceptors (Lipinski definition) is 5. The van der Waals surface area contributed by atoms with Crippen molar-refractivity contribution in [1.29, 1.82) is 0 Å². The van der Waals surface area contributed by atoms with Crippen molar-refractivity contribution in [2.75, 3.05) is 7.11 Å². The fraction of sp³-hybridized carbons (Fsp3) is 0.0909. The molecular formula is C22H20N2O4. The molecule has 3 aromatic rings. The van der Waals surface area contributed by atoms with Gasteiger partial charge in [-0.15, -0.1) is 0 Å². The van der Waals surface area contributed by atoms with Gasteiger partial charge >= 0.3 is 0 Å². The summed E-state index contributed by atoms with van der Waals surface area (Å²) in [5.74, 6) is 0.792. The zero-order chi connectivity index (χ0) is 19.8. The number of nitrogens with one attached hydrogen (secondary N) is 1. The minimum atomic E-state index is -0.415. The molecule has 0 heterocycles. The van der Waals surface area contributed by atoms with Gasteiger partial charge in [-0.3, -0.25) is 4.79 Å². The van der Waals surface area contributed by atoms with E-state index in [1.54, 1.807) is 31.4 Å². The van der Waals surface area contributed by atoms with Gasteiger partial charge in [-0.2, -0.15) is 5.10 Å². The number of ether oxygens (including phenoxy) is 2. The van der Waals surface area contributed by atoms with Gasteiger partial charge < -0.3 is 14.6 Å². The summed E-state index contributed by atoms with van der Waals surface area (Å²) in [4.78, 5) is 12.0. The minimum Gasteiger partial charge on any atom is -0.508 e. The Labute approximate surface area is 163 Å². The van der Waals surface area contributed by atoms with Gasteiger partial charge in [-0.05, 0) is 47.5 Å². The van der Waals surface area contributed by atoms with Crippen LogP contribution in [0.15, 0.2) is 77.9 Å². The summed E-state index contributed by atoms with van der Waals surface area (Å²) in [6.07, 6.45) is 1.50. The van der Waals surface area contributed by atoms with Gasteiger partial charge in [0.05, 0.1) is 13.3 Å². The topological polar surface area (TPSA) is 80.2 Å². The number of benzene rings is 3. The molecule has 0 spiro atoms. The van der Waals surface area contributed by atoms with Crippen LogP contribution in [-0.2, 0) is 6.61 Å². The van der Waals surface area contributed by atoms with E-state index in [0.29, 0.717) is 23.7 Å². The average molecular weight is 376 g/mol. The van der Waals surface area contributed by atoms with Gasteiger partial charge in [0.2, 0.25) is 0 Å². The van der Waals surface area contributed by atoms with E-state index in [9.17, 15) is 9.90 Å². The Bertz CT molecular complexity index is 971. The lowest BCUT2D eigenvalue weighted by Gasteiger charge is -2.11. The number of nitrogens with zero attached hydrogens (tertiary/aromatic N) is 1. The molecule has 28 heavy (non-hydrogen) atoms. The number of hydrogen-bond donors (Lipinski definition) is 2. The Kier molecular flexibility index (Phi) is 6.25. The Morgan fingerprint density at radius 1 is 1.04 bits per heavy atom. The van der Waals surface area contributed by atoms with Crippen molar-refractivity contribution < 1.29 is 19.4 Å². The highest BCUT2D eigenvalue weighted by atomic mass is 16.5. The van der Waals surface area contributed by atoms with E-state index in [1.165, 1.54) is 18.3 Å². The highest BCUT2D eigenvalue weighted by Gasteiger charge is 2.07. The van der Waals surface area contributed by atoms with Crippen LogP contribution in [-0.4, -0.2) is 24.3 Å². The molecule has 3 rings (SSSR count). The first-order chi connectivity index (χ1) is 13.7. The fourth-order valence-electron chi connectivity index (χ4n) is 2.50. The van der Waals surface area contributed by atoms with E-state index in [2.05, 4.69) is 10.5 Å². The van der Waals surface area contributed by atoms with Crippen molar-refractivity contribution in [2.45, 2.75) is 6.61 Å². The van der Waals surface area contributed by atoms with E-state index < -0.39 is 5.91 Å². The normalized spacial score (nSPS) is 10.6. The average Bonchev–Trinajstić information content (AvgIpc) is 2.73. The van der Waals surface area contributed by atoms with E-state index in [1.807, 2.05) is 36.4 Å². The molecule has 3 aromatic carbocycles. The van der Waals surface area contributed by atoms with E-state index in [4.69, 9.17) is 9.47 Å². The Balaban J connectivity index is 1.62. The summed E-state index contributed by atoms with van der Waals surface area (Å²) >= 11 is 0. The summed E-state index contributed by atoms with van der Waals surface area (Å²) < 4.78 is 11.2. The lowest BCUT2D eigenvalue weighted by atomic mass is 10.2. The first-order valence-corrected chi connectivity index (χ1v) is 8.63. The highest BCUT2D eigenvalue weighted by molar-refractivity contribution is 5.95. The van der Waals surface area contributed by atoms with E-state index in [0.717, 1.165) is 11.1 Å². The smallest absolute Gasteiger partial charge is 0.271 e. The number of aromatic hydroxyl groups is 1. The first kappa shape index (κ1) is 19.0. The maximum Gasteiger partial charge on any atom is 0.271 e. The van der Waals surface area contributed by atoms with Crippen molar-refractivity contribution in [1.82, 2.24) is 5.43 Å². The molecule has 0 aromatic heterocycles. The number of carbonyl (C=O) groups is 1. The number of methoxy groups -OCH3 is 1. The van der Waals surface area contributed by atoms with Crippen LogP contribution in [0.2, 0.25) is 0 Å². The molecule has 0 aliphatic carbocycles. The second-order valence-corrected chi connectivity index (χ2v) is 5.93. The van der Waals surface area contributed by atoms with Crippen molar-refractivity contribution in [3.8, 4) is 17.2 Å². The van der Waals surface area contributed by atoms with Crippen molar-refractivity contribution >= 4 is 12.1 Å². The minimum absolute atomic E-state index is 0.0208. The lowest BCUT2D eigenvalue weighted by molar-refractivity contribution is 0.0954. The molecule has 0 unspecified atom stereocenters. The highest BCUT2D eigenvalue weighted by Crippen LogP contribution is 2.28. The molecule has 2 N–H and O–H groups in total. The second-order valence-electron chi connectivity index (χ2n) is 5.93. The lowest BCUT2D eigenvalue weighted by Crippen LogP contribution is -2.17. The Morgan fingerprint density at radius 2 is 1.86 bits per heavy atom. The van der Waals surface area contributed by atoms with Crippen LogP contribution in [0.1, 0.15) is 21.5 Å². The van der Waals surface area contributed by atoms with Crippen molar-refractivity contribution in [2.24, 2.45) is 5.10 Å². The van der Waals surface area contributed by atoms with Crippen molar-refractivity contribution in [3.05, 3.63) is 89.5 Å². The molecule has 0 saturated carbocycles. The zero-order valence-corrected chi connectivity index (χ0v) is 15.3. The molecular weight excluding hydrogens is 356 g/mol. The van der Waals surface area contributed by atoms with Gasteiger partial charge in [-0.1, -0.05) is 36.4 Å². The predicted octanol–water partition coefficient (Wildman–Crippen LogP) is 3.74. The summed E-state index contributed by atoms with van der Waals surface area (Å²) in [5, 5.41) is 13.4. The van der Waals surface area contributed by atoms with Crippen LogP contribution in [0.5, 0.6) is 17.2 Å². The molecule has 0 aliphatic rings. The van der Waals surface area contributed by atoms with E-state index in [-0.39, 0.29) is 5.75 Å². The first-order valence-electron chi connectivity index (χ1n) is 8.63. The van der Waals surface area contributed by atoms with Crippen molar-refractivity contribution in [3.63, 3.8) is 0 Å². The third-order valence-electron chi connectivity index (χ3n) is 3.91. The summed E-state index contributed by atoms with van der Waals surface area (Å²) in [6.45, 7) is 0.435. The third-order valence-corrected chi connectivity index (χ3v) is 3.91. The summed E-state index contributed by atoms with van der Waals surface area (Å²) in [6, 6.07) is 21.3. The summed E-state index contributed by atoms with van der Waals surface area (Å²) in [7, 11) is 1.56. The van der Waals surface area contributed by atoms with E-state index >= 15 is 0 Å². The van der Waals surface area contributed by atoms with Crippen LogP contribution < -0.4 is 14.9 Å². The zero-order valence-electron chi connectivity index (χ0n) is 15.3. The SMILES string of the molecule is COc1cc(/C=N/NC(=O)c2cccc(O)c2)ccc1OCc1ccccc1. The number of amides is 1. The van der Waals surface area contributed by atoms with Crippen LogP contribution in [0.25, 0.3) is 0 Å². The number of phenolic OH excluding ortho intramolecular Hbond substituents is 1. The van der Waals surface area contributed by atoms with Crippen LogP contribution >= 0.6 is 0 Å². The van der Waals surface area contributed by atoms with Gasteiger partial charge in [-0.25, -0.2) is 5.43 Å². The second kappa shape index (κ2) is 9.23. The predicted molar refractivity (Wildman–Crippen MR) is 107 cm³/mol. The number of rotatable bonds is 7. The molecule has 142 valence electrons. The Morgan fingerprint density at radius 3 is 2.61 bits per heavy atom. The largest absolute Gasteiger partial charge is 0.508 e. The van der Waals surface area contributed by atoms with Gasteiger partial charge in [0.25, 0.3) is 5.91 Å². The molecule has 0 atom stereocenters. The maximum atomic E-state index is 12.0. The molecule has 6 nitrogen and oxygen atoms in total. The standard InChI is InChI=1S/C22H20N2O4/c1-27-21-12-17(10-11-20(21)28-15-16-6-3-2-4-7-16)14-23-24-22(26)18-8-5-9-19(25)13-18/h2-14,25H,15H2,1H3,(H,24,26)/b23-14+. The van der Waals surface area contributed by atoms with Gasteiger partial charge in [0, 0.05) is 5.56 Å². The van der Waals surface area contributed by atoms with Crippen LogP contribution in [0.4, 0.5) is 0 Å². The summed E-state index contributed by atoms with van der Waals surface area (Å²) in [5.41, 5.74) is 4.54. The molecule has 0 fully saturated rings. The molecule has 0 saturated heterocycles. The van der Waals surface area contributed by atoms with Gasteiger partial charge in [0.15, 0.2) is 11.5 Å². The number of carbonyl (C=O) groups excluding carboxylic acids is 1. The molecule has 0 aliphatic heterocycles. The van der Waals surface area contributed by atoms with Crippen LogP contribution in [0.3, 0.4) is 0 Å². The number of phenols is 1. The monoisotopic (exact) mass is 376 g/mol. The third kappa shape index (κ3) is 5.11. The molecule has 6 heteroatoms. The Hall–Kier alpha value is -3.80. The fourth-order valence-corrected chi connectivity index (χ4v) is 2.50. The molecule has 0 bridgehead atoms. The molecule has 1 amide bonds. The quantitative estimate of drug-likeness (QED) is 0.486. The van der Waals surface area contributed by atoms with Gasteiger partial charge in [0.1, 0.15) is 12.4 Å². The molecule has 0 radical (unpaired) electrons. The van der Waals surface area contributed by atoms with Crippen LogP contribution in [0, 0.1) is 0 Å². The maximum absolute atomic E-state index is 12.0.